The van der Waals surface area contributed by atoms with Crippen LogP contribution >= 0.6 is 15.9 Å². The molecule has 1 aromatic carbocycles. The quantitative estimate of drug-likeness (QED) is 0.917. The Bertz CT molecular complexity index is 495. The van der Waals surface area contributed by atoms with Crippen LogP contribution in [0, 0.1) is 13.8 Å². The SMILES string of the molecule is Cc1cc(C)c(-n2nncc2CN)c(Br)c1. The Morgan fingerprint density at radius 1 is 1.38 bits per heavy atom. The highest BCUT2D eigenvalue weighted by atomic mass is 79.9. The molecular formula is C11H13BrN4. The second-order valence-corrected chi connectivity index (χ2v) is 4.61. The van der Waals surface area contributed by atoms with Crippen molar-refractivity contribution < 1.29 is 0 Å². The number of nitrogens with zero attached hydrogens (tertiary/aromatic N) is 3. The van der Waals surface area contributed by atoms with Gasteiger partial charge < -0.3 is 5.73 Å². The van der Waals surface area contributed by atoms with Crippen molar-refractivity contribution in [2.24, 2.45) is 5.73 Å². The van der Waals surface area contributed by atoms with Gasteiger partial charge >= 0.3 is 0 Å². The van der Waals surface area contributed by atoms with Crippen LogP contribution in [0.15, 0.2) is 22.8 Å². The molecular weight excluding hydrogens is 268 g/mol. The summed E-state index contributed by atoms with van der Waals surface area (Å²) in [7, 11) is 0. The largest absolute Gasteiger partial charge is 0.325 e. The van der Waals surface area contributed by atoms with E-state index in [1.165, 1.54) is 5.56 Å². The molecule has 4 nitrogen and oxygen atoms in total. The molecule has 0 spiro atoms. The van der Waals surface area contributed by atoms with Crippen LogP contribution in [0.25, 0.3) is 5.69 Å². The van der Waals surface area contributed by atoms with E-state index < -0.39 is 0 Å². The van der Waals surface area contributed by atoms with Crippen molar-refractivity contribution in [2.45, 2.75) is 20.4 Å². The molecule has 1 aromatic heterocycles. The number of hydrogen-bond acceptors (Lipinski definition) is 3. The summed E-state index contributed by atoms with van der Waals surface area (Å²) in [5.74, 6) is 0. The molecule has 2 aromatic rings. The van der Waals surface area contributed by atoms with Crippen molar-refractivity contribution in [3.63, 3.8) is 0 Å². The summed E-state index contributed by atoms with van der Waals surface area (Å²) in [6.07, 6.45) is 1.69. The van der Waals surface area contributed by atoms with Gasteiger partial charge in [-0.05, 0) is 47.0 Å². The van der Waals surface area contributed by atoms with Crippen LogP contribution in [0.3, 0.4) is 0 Å². The summed E-state index contributed by atoms with van der Waals surface area (Å²) in [6, 6.07) is 4.17. The van der Waals surface area contributed by atoms with E-state index in [1.54, 1.807) is 10.9 Å². The van der Waals surface area contributed by atoms with Gasteiger partial charge in [-0.3, -0.25) is 0 Å². The molecule has 0 saturated heterocycles. The highest BCUT2D eigenvalue weighted by Gasteiger charge is 2.11. The Morgan fingerprint density at radius 3 is 2.75 bits per heavy atom. The fourth-order valence-corrected chi connectivity index (χ4v) is 2.60. The monoisotopic (exact) mass is 280 g/mol. The molecule has 0 aliphatic carbocycles. The van der Waals surface area contributed by atoms with Gasteiger partial charge in [0, 0.05) is 11.0 Å². The third-order valence-electron chi connectivity index (χ3n) is 2.44. The van der Waals surface area contributed by atoms with Gasteiger partial charge in [-0.2, -0.15) is 0 Å². The molecule has 84 valence electrons. The minimum Gasteiger partial charge on any atom is -0.325 e. The molecule has 5 heteroatoms. The Hall–Kier alpha value is -1.20. The lowest BCUT2D eigenvalue weighted by molar-refractivity contribution is 0.754. The van der Waals surface area contributed by atoms with Gasteiger partial charge in [-0.25, -0.2) is 4.68 Å². The topological polar surface area (TPSA) is 56.7 Å². The van der Waals surface area contributed by atoms with Gasteiger partial charge in [-0.15, -0.1) is 5.10 Å². The van der Waals surface area contributed by atoms with Crippen LogP contribution in [0.2, 0.25) is 0 Å². The highest BCUT2D eigenvalue weighted by Crippen LogP contribution is 2.26. The lowest BCUT2D eigenvalue weighted by Crippen LogP contribution is -2.09. The van der Waals surface area contributed by atoms with Crippen LogP contribution in [-0.4, -0.2) is 15.0 Å². The van der Waals surface area contributed by atoms with Gasteiger partial charge in [-0.1, -0.05) is 11.3 Å². The first kappa shape index (κ1) is 11.3. The van der Waals surface area contributed by atoms with Crippen LogP contribution in [0.4, 0.5) is 0 Å². The van der Waals surface area contributed by atoms with Crippen molar-refractivity contribution in [1.82, 2.24) is 15.0 Å². The third-order valence-corrected chi connectivity index (χ3v) is 3.04. The summed E-state index contributed by atoms with van der Waals surface area (Å²) in [5.41, 5.74) is 9.90. The van der Waals surface area contributed by atoms with E-state index in [1.807, 2.05) is 0 Å². The average Bonchev–Trinajstić information content (AvgIpc) is 2.64. The molecule has 2 rings (SSSR count). The number of aryl methyl sites for hydroxylation is 2. The lowest BCUT2D eigenvalue weighted by atomic mass is 10.1. The first-order chi connectivity index (χ1) is 7.63. The zero-order valence-corrected chi connectivity index (χ0v) is 10.8. The zero-order chi connectivity index (χ0) is 11.7. The molecule has 0 unspecified atom stereocenters. The van der Waals surface area contributed by atoms with Gasteiger partial charge in [0.25, 0.3) is 0 Å². The molecule has 2 N–H and O–H groups in total. The van der Waals surface area contributed by atoms with Crippen LogP contribution in [0.5, 0.6) is 0 Å². The van der Waals surface area contributed by atoms with Crippen LogP contribution in [0.1, 0.15) is 16.8 Å². The maximum Gasteiger partial charge on any atom is 0.0838 e. The van der Waals surface area contributed by atoms with E-state index >= 15 is 0 Å². The van der Waals surface area contributed by atoms with E-state index in [4.69, 9.17) is 5.73 Å². The fraction of sp³-hybridized carbons (Fsp3) is 0.273. The molecule has 0 amide bonds. The first-order valence-corrected chi connectivity index (χ1v) is 5.79. The number of benzene rings is 1. The minimum absolute atomic E-state index is 0.423. The maximum atomic E-state index is 5.65. The number of halogens is 1. The second-order valence-electron chi connectivity index (χ2n) is 3.75. The number of nitrogens with two attached hydrogens (primary N) is 1. The summed E-state index contributed by atoms with van der Waals surface area (Å²) in [5, 5.41) is 7.95. The summed E-state index contributed by atoms with van der Waals surface area (Å²) in [4.78, 5) is 0. The third kappa shape index (κ3) is 1.88. The highest BCUT2D eigenvalue weighted by molar-refractivity contribution is 9.10. The molecule has 1 heterocycles. The Morgan fingerprint density at radius 2 is 2.12 bits per heavy atom. The second kappa shape index (κ2) is 4.35. The number of hydrogen-bond donors (Lipinski definition) is 1. The van der Waals surface area contributed by atoms with Crippen molar-refractivity contribution >= 4 is 15.9 Å². The van der Waals surface area contributed by atoms with Crippen molar-refractivity contribution in [1.29, 1.82) is 0 Å². The fourth-order valence-electron chi connectivity index (χ4n) is 1.76. The molecule has 0 atom stereocenters. The van der Waals surface area contributed by atoms with E-state index in [9.17, 15) is 0 Å². The van der Waals surface area contributed by atoms with Crippen molar-refractivity contribution in [3.8, 4) is 5.69 Å². The smallest absolute Gasteiger partial charge is 0.0838 e. The van der Waals surface area contributed by atoms with Crippen molar-refractivity contribution in [3.05, 3.63) is 39.6 Å². The Labute approximate surface area is 103 Å². The van der Waals surface area contributed by atoms with Crippen LogP contribution in [-0.2, 0) is 6.54 Å². The molecule has 0 aliphatic heterocycles. The van der Waals surface area contributed by atoms with Gasteiger partial charge in [0.05, 0.1) is 17.6 Å². The number of aromatic nitrogens is 3. The van der Waals surface area contributed by atoms with Crippen LogP contribution < -0.4 is 5.73 Å². The van der Waals surface area contributed by atoms with E-state index in [2.05, 4.69) is 52.2 Å². The number of rotatable bonds is 2. The van der Waals surface area contributed by atoms with E-state index in [-0.39, 0.29) is 0 Å². The Kier molecular flexibility index (Phi) is 3.07. The molecule has 0 radical (unpaired) electrons. The Balaban J connectivity index is 2.64. The lowest BCUT2D eigenvalue weighted by Gasteiger charge is -2.11. The van der Waals surface area contributed by atoms with Crippen molar-refractivity contribution in [2.75, 3.05) is 0 Å². The van der Waals surface area contributed by atoms with Gasteiger partial charge in [0.15, 0.2) is 0 Å². The molecule has 0 fully saturated rings. The average molecular weight is 281 g/mol. The first-order valence-electron chi connectivity index (χ1n) is 5.00. The molecule has 0 saturated carbocycles. The standard InChI is InChI=1S/C11H13BrN4/c1-7-3-8(2)11(10(12)4-7)16-9(5-13)6-14-15-16/h3-4,6H,5,13H2,1-2H3. The van der Waals surface area contributed by atoms with Gasteiger partial charge in [0.1, 0.15) is 0 Å². The zero-order valence-electron chi connectivity index (χ0n) is 9.24. The summed E-state index contributed by atoms with van der Waals surface area (Å²) >= 11 is 3.55. The summed E-state index contributed by atoms with van der Waals surface area (Å²) < 4.78 is 2.78. The normalized spacial score (nSPS) is 10.8. The molecule has 16 heavy (non-hydrogen) atoms. The predicted octanol–water partition coefficient (Wildman–Crippen LogP) is 2.11. The molecule has 0 bridgehead atoms. The van der Waals surface area contributed by atoms with Gasteiger partial charge in [0.2, 0.25) is 0 Å². The molecule has 0 aliphatic rings. The summed E-state index contributed by atoms with van der Waals surface area (Å²) in [6.45, 7) is 4.54. The maximum absolute atomic E-state index is 5.65. The minimum atomic E-state index is 0.423. The van der Waals surface area contributed by atoms with E-state index in [0.29, 0.717) is 6.54 Å². The van der Waals surface area contributed by atoms with E-state index in [0.717, 1.165) is 21.4 Å². The predicted molar refractivity (Wildman–Crippen MR) is 66.4 cm³/mol.